The quantitative estimate of drug-likeness (QED) is 0.670. The molecular formula is C26H25FN2O2. The lowest BCUT2D eigenvalue weighted by Gasteiger charge is -2.44. The van der Waals surface area contributed by atoms with Gasteiger partial charge in [0.05, 0.1) is 0 Å². The van der Waals surface area contributed by atoms with Crippen LogP contribution in [0, 0.1) is 12.7 Å². The Bertz CT molecular complexity index is 1130. The number of amides is 2. The van der Waals surface area contributed by atoms with E-state index < -0.39 is 5.54 Å². The van der Waals surface area contributed by atoms with Crippen LogP contribution in [0.4, 0.5) is 4.39 Å². The summed E-state index contributed by atoms with van der Waals surface area (Å²) in [5.41, 5.74) is 3.30. The number of aryl methyl sites for hydroxylation is 1. The van der Waals surface area contributed by atoms with Crippen LogP contribution in [0.3, 0.4) is 0 Å². The maximum atomic E-state index is 13.4. The second-order valence-electron chi connectivity index (χ2n) is 8.23. The Hall–Kier alpha value is -3.47. The third-order valence-electron chi connectivity index (χ3n) is 6.07. The second-order valence-corrected chi connectivity index (χ2v) is 8.23. The van der Waals surface area contributed by atoms with Crippen molar-refractivity contribution in [2.45, 2.75) is 38.9 Å². The molecule has 5 heteroatoms. The molecule has 0 fully saturated rings. The zero-order valence-electron chi connectivity index (χ0n) is 17.7. The number of nitrogens with one attached hydrogen (secondary N) is 1. The molecule has 1 heterocycles. The van der Waals surface area contributed by atoms with E-state index in [1.165, 1.54) is 12.1 Å². The molecule has 1 atom stereocenters. The first kappa shape index (κ1) is 20.8. The lowest BCUT2D eigenvalue weighted by atomic mass is 9.82. The highest BCUT2D eigenvalue weighted by Crippen LogP contribution is 2.33. The van der Waals surface area contributed by atoms with E-state index >= 15 is 0 Å². The largest absolute Gasteiger partial charge is 0.350 e. The third-order valence-corrected chi connectivity index (χ3v) is 6.07. The average Bonchev–Trinajstić information content (AvgIpc) is 2.77. The molecule has 4 nitrogen and oxygen atoms in total. The van der Waals surface area contributed by atoms with Crippen molar-refractivity contribution in [3.05, 3.63) is 106 Å². The summed E-state index contributed by atoms with van der Waals surface area (Å²) in [6.45, 7) is 4.42. The number of hydrogen-bond donors (Lipinski definition) is 1. The molecule has 1 aliphatic heterocycles. The molecule has 3 aromatic carbocycles. The van der Waals surface area contributed by atoms with Gasteiger partial charge in [0.25, 0.3) is 5.91 Å². The first-order valence-corrected chi connectivity index (χ1v) is 10.4. The van der Waals surface area contributed by atoms with E-state index in [2.05, 4.69) is 5.32 Å². The molecule has 0 saturated carbocycles. The predicted octanol–water partition coefficient (Wildman–Crippen LogP) is 4.41. The van der Waals surface area contributed by atoms with E-state index in [0.29, 0.717) is 18.5 Å². The molecule has 31 heavy (non-hydrogen) atoms. The number of carbonyl (C=O) groups excluding carboxylic acids is 2. The van der Waals surface area contributed by atoms with Gasteiger partial charge in [-0.15, -0.1) is 0 Å². The Morgan fingerprint density at radius 1 is 1.03 bits per heavy atom. The molecule has 3 aromatic rings. The highest BCUT2D eigenvalue weighted by molar-refractivity contribution is 6.02. The van der Waals surface area contributed by atoms with Crippen molar-refractivity contribution in [3.8, 4) is 0 Å². The van der Waals surface area contributed by atoms with Crippen molar-refractivity contribution in [2.75, 3.05) is 0 Å². The van der Waals surface area contributed by atoms with Crippen LogP contribution in [0.15, 0.2) is 72.8 Å². The van der Waals surface area contributed by atoms with Gasteiger partial charge in [0.1, 0.15) is 11.4 Å². The van der Waals surface area contributed by atoms with E-state index in [0.717, 1.165) is 22.3 Å². The van der Waals surface area contributed by atoms with Gasteiger partial charge in [-0.05, 0) is 54.3 Å². The first-order valence-electron chi connectivity index (χ1n) is 10.4. The second kappa shape index (κ2) is 8.34. The number of fused-ring (bicyclic) bond motifs is 1. The molecule has 0 spiro atoms. The fourth-order valence-corrected chi connectivity index (χ4v) is 4.11. The van der Waals surface area contributed by atoms with Crippen LogP contribution in [-0.2, 0) is 24.3 Å². The van der Waals surface area contributed by atoms with Crippen molar-refractivity contribution in [2.24, 2.45) is 0 Å². The van der Waals surface area contributed by atoms with E-state index in [1.54, 1.807) is 30.0 Å². The van der Waals surface area contributed by atoms with Gasteiger partial charge >= 0.3 is 0 Å². The lowest BCUT2D eigenvalue weighted by molar-refractivity contribution is -0.132. The van der Waals surface area contributed by atoms with Gasteiger partial charge in [0.15, 0.2) is 0 Å². The van der Waals surface area contributed by atoms with Crippen molar-refractivity contribution >= 4 is 11.8 Å². The maximum Gasteiger partial charge on any atom is 0.255 e. The first-order chi connectivity index (χ1) is 14.9. The number of halogens is 1. The Morgan fingerprint density at radius 3 is 2.45 bits per heavy atom. The molecule has 2 amide bonds. The van der Waals surface area contributed by atoms with Gasteiger partial charge in [-0.25, -0.2) is 4.39 Å². The van der Waals surface area contributed by atoms with Crippen LogP contribution < -0.4 is 5.32 Å². The molecule has 0 unspecified atom stereocenters. The Balaban J connectivity index is 1.65. The smallest absolute Gasteiger partial charge is 0.255 e. The van der Waals surface area contributed by atoms with Gasteiger partial charge < -0.3 is 10.2 Å². The number of benzene rings is 3. The topological polar surface area (TPSA) is 49.4 Å². The summed E-state index contributed by atoms with van der Waals surface area (Å²) < 4.78 is 13.4. The summed E-state index contributed by atoms with van der Waals surface area (Å²) in [4.78, 5) is 28.5. The van der Waals surface area contributed by atoms with Crippen molar-refractivity contribution in [1.29, 1.82) is 0 Å². The van der Waals surface area contributed by atoms with Crippen LogP contribution in [0.2, 0.25) is 0 Å². The normalized spacial score (nSPS) is 17.9. The minimum atomic E-state index is -1.07. The molecule has 0 saturated heterocycles. The van der Waals surface area contributed by atoms with Crippen molar-refractivity contribution in [1.82, 2.24) is 10.2 Å². The number of rotatable bonds is 5. The zero-order chi connectivity index (χ0) is 22.0. The molecular weight excluding hydrogens is 391 g/mol. The van der Waals surface area contributed by atoms with Gasteiger partial charge in [-0.2, -0.15) is 0 Å². The Kier molecular flexibility index (Phi) is 5.59. The molecule has 158 valence electrons. The summed E-state index contributed by atoms with van der Waals surface area (Å²) in [6, 6.07) is 21.3. The van der Waals surface area contributed by atoms with Crippen molar-refractivity contribution in [3.63, 3.8) is 0 Å². The number of hydrogen-bond acceptors (Lipinski definition) is 2. The summed E-state index contributed by atoms with van der Waals surface area (Å²) >= 11 is 0. The molecule has 1 N–H and O–H groups in total. The number of carbonyl (C=O) groups is 2. The van der Waals surface area contributed by atoms with Gasteiger partial charge in [-0.3, -0.25) is 9.59 Å². The predicted molar refractivity (Wildman–Crippen MR) is 118 cm³/mol. The van der Waals surface area contributed by atoms with Gasteiger partial charge in [0, 0.05) is 25.1 Å². The highest BCUT2D eigenvalue weighted by atomic mass is 19.1. The monoisotopic (exact) mass is 416 g/mol. The fraction of sp³-hybridized carbons (Fsp3) is 0.231. The van der Waals surface area contributed by atoms with Crippen LogP contribution in [0.1, 0.15) is 39.5 Å². The van der Waals surface area contributed by atoms with E-state index in [4.69, 9.17) is 0 Å². The summed E-state index contributed by atoms with van der Waals surface area (Å²) in [7, 11) is 0. The van der Waals surface area contributed by atoms with Gasteiger partial charge in [0.2, 0.25) is 5.91 Å². The van der Waals surface area contributed by atoms with Gasteiger partial charge in [-0.1, -0.05) is 54.6 Å². The molecule has 0 bridgehead atoms. The minimum absolute atomic E-state index is 0.195. The number of nitrogens with zero attached hydrogens (tertiary/aromatic N) is 1. The molecule has 0 aliphatic carbocycles. The molecule has 0 aromatic heterocycles. The summed E-state index contributed by atoms with van der Waals surface area (Å²) in [6.07, 6.45) is 0.412. The third kappa shape index (κ3) is 4.08. The lowest BCUT2D eigenvalue weighted by Crippen LogP contribution is -2.62. The average molecular weight is 416 g/mol. The van der Waals surface area contributed by atoms with Crippen molar-refractivity contribution < 1.29 is 14.0 Å². The summed E-state index contributed by atoms with van der Waals surface area (Å²) in [5, 5.41) is 3.03. The SMILES string of the molecule is Cc1ccccc1CNC(=O)[C@]1(C)Cc2ccccc2C(=O)N1Cc1ccc(F)cc1. The molecule has 0 radical (unpaired) electrons. The Labute approximate surface area is 181 Å². The maximum absolute atomic E-state index is 13.4. The zero-order valence-corrected chi connectivity index (χ0v) is 17.7. The fourth-order valence-electron chi connectivity index (χ4n) is 4.11. The van der Waals surface area contributed by atoms with E-state index in [1.807, 2.05) is 49.4 Å². The van der Waals surface area contributed by atoms with Crippen LogP contribution in [0.25, 0.3) is 0 Å². The van der Waals surface area contributed by atoms with Crippen LogP contribution >= 0.6 is 0 Å². The highest BCUT2D eigenvalue weighted by Gasteiger charge is 2.46. The van der Waals surface area contributed by atoms with Crippen LogP contribution in [-0.4, -0.2) is 22.3 Å². The minimum Gasteiger partial charge on any atom is -0.350 e. The van der Waals surface area contributed by atoms with E-state index in [9.17, 15) is 14.0 Å². The standard InChI is InChI=1S/C26H25FN2O2/c1-18-7-3-4-9-21(18)16-28-25(31)26(2)15-20-8-5-6-10-23(20)24(30)29(26)17-19-11-13-22(27)14-12-19/h3-14H,15-17H2,1-2H3,(H,28,31)/t26-/m0/s1. The van der Waals surface area contributed by atoms with E-state index in [-0.39, 0.29) is 24.2 Å². The molecule has 4 rings (SSSR count). The Morgan fingerprint density at radius 2 is 1.71 bits per heavy atom. The van der Waals surface area contributed by atoms with Crippen LogP contribution in [0.5, 0.6) is 0 Å². The molecule has 1 aliphatic rings. The summed E-state index contributed by atoms with van der Waals surface area (Å²) in [5.74, 6) is -0.738.